The summed E-state index contributed by atoms with van der Waals surface area (Å²) in [5.74, 6) is -0.201. The van der Waals surface area contributed by atoms with Gasteiger partial charge in [-0.15, -0.1) is 11.8 Å². The first-order chi connectivity index (χ1) is 10.5. The van der Waals surface area contributed by atoms with Crippen LogP contribution < -0.4 is 4.74 Å². The van der Waals surface area contributed by atoms with Gasteiger partial charge < -0.3 is 9.84 Å². The fraction of sp³-hybridized carbons (Fsp3) is 0.235. The van der Waals surface area contributed by atoms with E-state index in [0.29, 0.717) is 17.2 Å². The van der Waals surface area contributed by atoms with E-state index in [0.717, 1.165) is 16.0 Å². The molecule has 0 aromatic heterocycles. The second-order valence-electron chi connectivity index (χ2n) is 4.92. The molecule has 3 nitrogen and oxygen atoms in total. The van der Waals surface area contributed by atoms with Crippen molar-refractivity contribution in [3.05, 3.63) is 58.6 Å². The number of carbonyl (C=O) groups is 1. The average Bonchev–Trinajstić information content (AvgIpc) is 2.49. The molecule has 0 spiro atoms. The summed E-state index contributed by atoms with van der Waals surface area (Å²) >= 11 is 7.33. The lowest BCUT2D eigenvalue weighted by atomic mass is 10.1. The zero-order valence-corrected chi connectivity index (χ0v) is 13.9. The van der Waals surface area contributed by atoms with Gasteiger partial charge in [0.2, 0.25) is 0 Å². The lowest BCUT2D eigenvalue weighted by molar-refractivity contribution is -0.136. The predicted octanol–water partition coefficient (Wildman–Crippen LogP) is 4.45. The number of carboxylic acids is 1. The topological polar surface area (TPSA) is 46.5 Å². The van der Waals surface area contributed by atoms with Crippen LogP contribution in [0.4, 0.5) is 0 Å². The van der Waals surface area contributed by atoms with Gasteiger partial charge >= 0.3 is 5.97 Å². The first-order valence-electron chi connectivity index (χ1n) is 6.78. The van der Waals surface area contributed by atoms with Crippen molar-refractivity contribution in [2.45, 2.75) is 23.5 Å². The van der Waals surface area contributed by atoms with Gasteiger partial charge in [0, 0.05) is 9.92 Å². The van der Waals surface area contributed by atoms with E-state index in [1.165, 1.54) is 11.8 Å². The van der Waals surface area contributed by atoms with Crippen LogP contribution in [0.3, 0.4) is 0 Å². The molecule has 1 atom stereocenters. The Hall–Kier alpha value is -1.65. The summed E-state index contributed by atoms with van der Waals surface area (Å²) < 4.78 is 5.29. The minimum atomic E-state index is -0.854. The van der Waals surface area contributed by atoms with Crippen LogP contribution >= 0.6 is 23.4 Å². The van der Waals surface area contributed by atoms with Gasteiger partial charge in [-0.3, -0.25) is 4.79 Å². The highest BCUT2D eigenvalue weighted by molar-refractivity contribution is 8.00. The SMILES string of the molecule is COc1ccc(Cl)cc1C[C@@H](Sc1ccc(C)cc1)C(=O)O. The van der Waals surface area contributed by atoms with E-state index >= 15 is 0 Å². The maximum atomic E-state index is 11.6. The van der Waals surface area contributed by atoms with Crippen molar-refractivity contribution < 1.29 is 14.6 Å². The number of halogens is 1. The second-order valence-corrected chi connectivity index (χ2v) is 6.63. The summed E-state index contributed by atoms with van der Waals surface area (Å²) in [6.07, 6.45) is 0.345. The van der Waals surface area contributed by atoms with Crippen molar-refractivity contribution in [3.8, 4) is 5.75 Å². The van der Waals surface area contributed by atoms with E-state index in [9.17, 15) is 9.90 Å². The minimum Gasteiger partial charge on any atom is -0.496 e. The van der Waals surface area contributed by atoms with E-state index in [2.05, 4.69) is 0 Å². The largest absolute Gasteiger partial charge is 0.496 e. The molecule has 0 unspecified atom stereocenters. The van der Waals surface area contributed by atoms with Crippen LogP contribution in [0.15, 0.2) is 47.4 Å². The monoisotopic (exact) mass is 336 g/mol. The standard InChI is InChI=1S/C17H17ClO3S/c1-11-3-6-14(7-4-11)22-16(17(19)20)10-12-9-13(18)5-8-15(12)21-2/h3-9,16H,10H2,1-2H3,(H,19,20)/t16-/m1/s1. The van der Waals surface area contributed by atoms with Crippen LogP contribution in [0, 0.1) is 6.92 Å². The molecule has 0 bridgehead atoms. The smallest absolute Gasteiger partial charge is 0.317 e. The highest BCUT2D eigenvalue weighted by Gasteiger charge is 2.21. The van der Waals surface area contributed by atoms with Crippen molar-refractivity contribution in [1.29, 1.82) is 0 Å². The van der Waals surface area contributed by atoms with E-state index in [1.54, 1.807) is 25.3 Å². The molecule has 0 fully saturated rings. The molecule has 2 aromatic rings. The Balaban J connectivity index is 2.20. The number of aryl methyl sites for hydroxylation is 1. The van der Waals surface area contributed by atoms with Crippen molar-refractivity contribution in [1.82, 2.24) is 0 Å². The van der Waals surface area contributed by atoms with E-state index in [-0.39, 0.29) is 0 Å². The molecule has 2 rings (SSSR count). The molecule has 5 heteroatoms. The van der Waals surface area contributed by atoms with Gasteiger partial charge in [0.15, 0.2) is 0 Å². The van der Waals surface area contributed by atoms with Crippen LogP contribution in [-0.4, -0.2) is 23.4 Å². The normalized spacial score (nSPS) is 12.0. The number of methoxy groups -OCH3 is 1. The highest BCUT2D eigenvalue weighted by Crippen LogP contribution is 2.30. The Morgan fingerprint density at radius 3 is 2.55 bits per heavy atom. The molecular formula is C17H17ClO3S. The number of rotatable bonds is 6. The summed E-state index contributed by atoms with van der Waals surface area (Å²) in [5.41, 5.74) is 1.94. The van der Waals surface area contributed by atoms with Gasteiger partial charge in [-0.25, -0.2) is 0 Å². The summed E-state index contributed by atoms with van der Waals surface area (Å²) in [4.78, 5) is 12.5. The average molecular weight is 337 g/mol. The molecular weight excluding hydrogens is 320 g/mol. The highest BCUT2D eigenvalue weighted by atomic mass is 35.5. The molecule has 0 amide bonds. The van der Waals surface area contributed by atoms with Crippen LogP contribution in [0.2, 0.25) is 5.02 Å². The van der Waals surface area contributed by atoms with Crippen molar-refractivity contribution >= 4 is 29.3 Å². The summed E-state index contributed by atoms with van der Waals surface area (Å²) in [5, 5.41) is 9.46. The third-order valence-electron chi connectivity index (χ3n) is 3.22. The third-order valence-corrected chi connectivity index (χ3v) is 4.65. The zero-order valence-electron chi connectivity index (χ0n) is 12.4. The summed E-state index contributed by atoms with van der Waals surface area (Å²) in [6, 6.07) is 13.1. The van der Waals surface area contributed by atoms with Crippen LogP contribution in [-0.2, 0) is 11.2 Å². The number of aliphatic carboxylic acids is 1. The number of benzene rings is 2. The molecule has 0 aliphatic heterocycles. The number of hydrogen-bond acceptors (Lipinski definition) is 3. The molecule has 0 radical (unpaired) electrons. The molecule has 2 aromatic carbocycles. The lowest BCUT2D eigenvalue weighted by Gasteiger charge is -2.15. The lowest BCUT2D eigenvalue weighted by Crippen LogP contribution is -2.19. The molecule has 0 aliphatic rings. The van der Waals surface area contributed by atoms with Crippen molar-refractivity contribution in [3.63, 3.8) is 0 Å². The van der Waals surface area contributed by atoms with Gasteiger partial charge in [0.05, 0.1) is 7.11 Å². The maximum absolute atomic E-state index is 11.6. The number of carboxylic acid groups (broad SMARTS) is 1. The molecule has 0 saturated heterocycles. The molecule has 0 heterocycles. The Bertz CT molecular complexity index is 655. The number of ether oxygens (including phenoxy) is 1. The van der Waals surface area contributed by atoms with Crippen LogP contribution in [0.5, 0.6) is 5.75 Å². The first-order valence-corrected chi connectivity index (χ1v) is 8.04. The van der Waals surface area contributed by atoms with Crippen LogP contribution in [0.25, 0.3) is 0 Å². The third kappa shape index (κ3) is 4.42. The molecule has 0 saturated carbocycles. The Morgan fingerprint density at radius 1 is 1.27 bits per heavy atom. The van der Waals surface area contributed by atoms with E-state index in [4.69, 9.17) is 16.3 Å². The van der Waals surface area contributed by atoms with Crippen LogP contribution in [0.1, 0.15) is 11.1 Å². The van der Waals surface area contributed by atoms with Crippen molar-refractivity contribution in [2.75, 3.05) is 7.11 Å². The fourth-order valence-corrected chi connectivity index (χ4v) is 3.25. The molecule has 1 N–H and O–H groups in total. The molecule has 22 heavy (non-hydrogen) atoms. The summed E-state index contributed by atoms with van der Waals surface area (Å²) in [6.45, 7) is 2.00. The number of hydrogen-bond donors (Lipinski definition) is 1. The van der Waals surface area contributed by atoms with E-state index in [1.807, 2.05) is 31.2 Å². The van der Waals surface area contributed by atoms with Gasteiger partial charge in [0.25, 0.3) is 0 Å². The second kappa shape index (κ2) is 7.56. The number of thioether (sulfide) groups is 1. The zero-order chi connectivity index (χ0) is 16.1. The quantitative estimate of drug-likeness (QED) is 0.792. The van der Waals surface area contributed by atoms with Gasteiger partial charge in [-0.1, -0.05) is 29.3 Å². The first kappa shape index (κ1) is 16.7. The maximum Gasteiger partial charge on any atom is 0.317 e. The van der Waals surface area contributed by atoms with Gasteiger partial charge in [-0.05, 0) is 49.2 Å². The molecule has 116 valence electrons. The van der Waals surface area contributed by atoms with Crippen molar-refractivity contribution in [2.24, 2.45) is 0 Å². The Morgan fingerprint density at radius 2 is 1.95 bits per heavy atom. The Labute approximate surface area is 139 Å². The predicted molar refractivity (Wildman–Crippen MR) is 90.2 cm³/mol. The van der Waals surface area contributed by atoms with Gasteiger partial charge in [0.1, 0.15) is 11.0 Å². The van der Waals surface area contributed by atoms with Gasteiger partial charge in [-0.2, -0.15) is 0 Å². The van der Waals surface area contributed by atoms with E-state index < -0.39 is 11.2 Å². The summed E-state index contributed by atoms with van der Waals surface area (Å²) in [7, 11) is 1.57. The molecule has 0 aliphatic carbocycles. The fourth-order valence-electron chi connectivity index (χ4n) is 2.07. The minimum absolute atomic E-state index is 0.345. The Kier molecular flexibility index (Phi) is 5.75.